The van der Waals surface area contributed by atoms with Crippen molar-refractivity contribution in [2.45, 2.75) is 25.3 Å². The van der Waals surface area contributed by atoms with Gasteiger partial charge in [-0.15, -0.1) is 0 Å². The lowest BCUT2D eigenvalue weighted by atomic mass is 9.77. The fourth-order valence-corrected chi connectivity index (χ4v) is 3.64. The summed E-state index contributed by atoms with van der Waals surface area (Å²) in [6.45, 7) is 4.12. The number of rotatable bonds is 4. The Bertz CT molecular complexity index is 1210. The lowest BCUT2D eigenvalue weighted by Crippen LogP contribution is -2.48. The number of para-hydroxylation sites is 1. The molecule has 1 aromatic carbocycles. The van der Waals surface area contributed by atoms with Gasteiger partial charge in [0.05, 0.1) is 21.1 Å². The number of halogens is 1. The molecule has 0 saturated heterocycles. The first kappa shape index (κ1) is 25.8. The van der Waals surface area contributed by atoms with E-state index in [-0.39, 0.29) is 22.9 Å². The molecule has 2 aromatic rings. The molecular weight excluding hydrogens is 448 g/mol. The average Bonchev–Trinajstić information content (AvgIpc) is 2.79. The Morgan fingerprint density at radius 2 is 1.88 bits per heavy atom. The van der Waals surface area contributed by atoms with Gasteiger partial charge in [0.1, 0.15) is 12.4 Å². The Hall–Kier alpha value is -3.47. The maximum Gasteiger partial charge on any atom is 0.304 e. The van der Waals surface area contributed by atoms with Gasteiger partial charge >= 0.3 is 5.70 Å². The van der Waals surface area contributed by atoms with Crippen LogP contribution in [0.1, 0.15) is 20.3 Å². The zero-order valence-corrected chi connectivity index (χ0v) is 19.2. The number of aromatic nitrogens is 1. The first-order valence-corrected chi connectivity index (χ1v) is 10.2. The van der Waals surface area contributed by atoms with Crippen LogP contribution in [0.3, 0.4) is 0 Å². The number of nitrogens with one attached hydrogen (secondary N) is 1. The Balaban J connectivity index is 0.000000241. The van der Waals surface area contributed by atoms with Crippen LogP contribution in [0.25, 0.3) is 10.9 Å². The van der Waals surface area contributed by atoms with E-state index in [1.165, 1.54) is 18.5 Å². The van der Waals surface area contributed by atoms with Crippen LogP contribution in [-0.2, 0) is 0 Å². The zero-order chi connectivity index (χ0) is 23.5. The van der Waals surface area contributed by atoms with E-state index in [2.05, 4.69) is 29.1 Å². The highest BCUT2D eigenvalue weighted by atomic mass is 35.5. The van der Waals surface area contributed by atoms with Crippen molar-refractivity contribution in [3.05, 3.63) is 92.5 Å². The monoisotopic (exact) mass is 472 g/mol. The van der Waals surface area contributed by atoms with Crippen LogP contribution >= 0.6 is 11.6 Å². The molecule has 1 aromatic heterocycles. The van der Waals surface area contributed by atoms with Crippen LogP contribution in [0.5, 0.6) is 0 Å². The number of aliphatic imine (C=N–C) groups is 1. The van der Waals surface area contributed by atoms with Gasteiger partial charge in [0.15, 0.2) is 0 Å². The van der Waals surface area contributed by atoms with E-state index in [1.54, 1.807) is 13.1 Å². The molecule has 2 atom stereocenters. The van der Waals surface area contributed by atoms with Gasteiger partial charge in [0, 0.05) is 22.4 Å². The van der Waals surface area contributed by atoms with E-state index in [0.29, 0.717) is 11.3 Å². The highest BCUT2D eigenvalue weighted by molar-refractivity contribution is 6.33. The molecule has 0 radical (unpaired) electrons. The first-order valence-electron chi connectivity index (χ1n) is 9.86. The van der Waals surface area contributed by atoms with Crippen molar-refractivity contribution < 1.29 is 9.85 Å². The zero-order valence-electron chi connectivity index (χ0n) is 18.5. The molecule has 4 N–H and O–H groups in total. The molecule has 0 saturated carbocycles. The summed E-state index contributed by atoms with van der Waals surface area (Å²) in [6, 6.07) is 8.81. The molecule has 0 spiro atoms. The fourth-order valence-electron chi connectivity index (χ4n) is 3.37. The lowest BCUT2D eigenvalue weighted by Gasteiger charge is -2.34. The van der Waals surface area contributed by atoms with Crippen molar-refractivity contribution in [3.63, 3.8) is 0 Å². The van der Waals surface area contributed by atoms with Gasteiger partial charge in [-0.1, -0.05) is 55.8 Å². The lowest BCUT2D eigenvalue weighted by molar-refractivity contribution is -0.431. The maximum absolute atomic E-state index is 11.1. The molecule has 10 nitrogen and oxygen atoms in total. The number of hydrogen-bond acceptors (Lipinski definition) is 8. The second-order valence-electron chi connectivity index (χ2n) is 7.59. The van der Waals surface area contributed by atoms with E-state index in [4.69, 9.17) is 11.6 Å². The predicted octanol–water partition coefficient (Wildman–Crippen LogP) is 4.93. The molecule has 4 rings (SSSR count). The van der Waals surface area contributed by atoms with Gasteiger partial charge < -0.3 is 6.15 Å². The van der Waals surface area contributed by atoms with E-state index in [9.17, 15) is 20.2 Å². The molecule has 2 unspecified atom stereocenters. The van der Waals surface area contributed by atoms with Crippen molar-refractivity contribution >= 4 is 33.9 Å². The molecule has 1 aliphatic carbocycles. The molecule has 0 fully saturated rings. The molecule has 0 amide bonds. The minimum Gasteiger partial charge on any atom is -0.344 e. The Morgan fingerprint density at radius 1 is 1.18 bits per heavy atom. The van der Waals surface area contributed by atoms with Gasteiger partial charge in [-0.05, 0) is 25.6 Å². The molecule has 33 heavy (non-hydrogen) atoms. The Labute approximate surface area is 195 Å². The summed E-state index contributed by atoms with van der Waals surface area (Å²) >= 11 is 6.47. The number of pyridine rings is 1. The van der Waals surface area contributed by atoms with Crippen molar-refractivity contribution in [2.75, 3.05) is 7.05 Å². The van der Waals surface area contributed by atoms with Crippen LogP contribution in [0.15, 0.2) is 77.2 Å². The second kappa shape index (κ2) is 9.99. The van der Waals surface area contributed by atoms with Crippen molar-refractivity contribution in [2.24, 2.45) is 10.4 Å². The third kappa shape index (κ3) is 5.14. The number of nitrogens with zero attached hydrogens (tertiary/aromatic N) is 4. The van der Waals surface area contributed by atoms with Gasteiger partial charge in [0.2, 0.25) is 5.00 Å². The predicted molar refractivity (Wildman–Crippen MR) is 129 cm³/mol. The highest BCUT2D eigenvalue weighted by Gasteiger charge is 2.48. The number of nitro groups is 2. The van der Waals surface area contributed by atoms with Crippen LogP contribution in [0.4, 0.5) is 5.69 Å². The smallest absolute Gasteiger partial charge is 0.304 e. The molecular formula is C22H25ClN6O4. The minimum atomic E-state index is -1.33. The van der Waals surface area contributed by atoms with Crippen LogP contribution in [-0.4, -0.2) is 32.6 Å². The molecule has 1 aliphatic heterocycles. The standard InChI is InChI=1S/C13H16ClN3O2.C9H6N2O2.H3N/c1-4-12(2)6-5-10-9(7-12)13(14,15-3)11(8-16-10)17(18)19;12-11(13)8-5-7-3-1-2-4-9(7)10-6-8;/h5-8,15H,4H2,1-3H3;1-6H;1H3. The number of likely N-dealkylation sites (N-methyl/N-ethyl adjacent to an activating group) is 1. The normalized spacial score (nSPS) is 23.1. The van der Waals surface area contributed by atoms with Crippen LogP contribution in [0, 0.1) is 25.6 Å². The third-order valence-electron chi connectivity index (χ3n) is 5.51. The fraction of sp³-hybridized carbons (Fsp3) is 0.273. The van der Waals surface area contributed by atoms with Crippen LogP contribution in [0.2, 0.25) is 0 Å². The van der Waals surface area contributed by atoms with Gasteiger partial charge in [-0.3, -0.25) is 25.5 Å². The number of fused-ring (bicyclic) bond motifs is 2. The Morgan fingerprint density at radius 3 is 2.48 bits per heavy atom. The number of hydrogen-bond donors (Lipinski definition) is 2. The SMILES string of the molecule is CCC1(C)C=CC2=NC=C([N+](=O)[O-])C(Cl)(NC)C2=C1.N.O=[N+]([O-])c1cnc2ccccc2c1. The summed E-state index contributed by atoms with van der Waals surface area (Å²) in [5.41, 5.74) is 1.80. The number of allylic oxidation sites excluding steroid dienone is 3. The van der Waals surface area contributed by atoms with Crippen molar-refractivity contribution in [1.29, 1.82) is 0 Å². The first-order chi connectivity index (χ1) is 15.1. The summed E-state index contributed by atoms with van der Waals surface area (Å²) in [6.07, 6.45) is 9.26. The van der Waals surface area contributed by atoms with Gasteiger partial charge in [-0.2, -0.15) is 0 Å². The van der Waals surface area contributed by atoms with E-state index < -0.39 is 14.8 Å². The highest BCUT2D eigenvalue weighted by Crippen LogP contribution is 2.41. The third-order valence-corrected chi connectivity index (χ3v) is 6.10. The summed E-state index contributed by atoms with van der Waals surface area (Å²) in [7, 11) is 1.61. The van der Waals surface area contributed by atoms with E-state index in [0.717, 1.165) is 17.3 Å². The second-order valence-corrected chi connectivity index (χ2v) is 8.16. The maximum atomic E-state index is 11.1. The molecule has 174 valence electrons. The van der Waals surface area contributed by atoms with E-state index in [1.807, 2.05) is 36.4 Å². The molecule has 0 bridgehead atoms. The van der Waals surface area contributed by atoms with E-state index >= 15 is 0 Å². The number of benzene rings is 1. The van der Waals surface area contributed by atoms with Crippen molar-refractivity contribution in [3.8, 4) is 0 Å². The summed E-state index contributed by atoms with van der Waals surface area (Å²) < 4.78 is 0. The number of alkyl halides is 1. The van der Waals surface area contributed by atoms with Crippen LogP contribution < -0.4 is 11.5 Å². The minimum absolute atomic E-state index is 0. The van der Waals surface area contributed by atoms with Gasteiger partial charge in [-0.25, -0.2) is 9.98 Å². The molecule has 2 aliphatic rings. The summed E-state index contributed by atoms with van der Waals surface area (Å²) in [5, 5.41) is 25.2. The Kier molecular flexibility index (Phi) is 7.80. The summed E-state index contributed by atoms with van der Waals surface area (Å²) in [5.74, 6) is 0. The molecule has 2 heterocycles. The largest absolute Gasteiger partial charge is 0.344 e. The quantitative estimate of drug-likeness (QED) is 0.276. The van der Waals surface area contributed by atoms with Gasteiger partial charge in [0.25, 0.3) is 5.69 Å². The summed E-state index contributed by atoms with van der Waals surface area (Å²) in [4.78, 5) is 27.4. The van der Waals surface area contributed by atoms with Crippen molar-refractivity contribution in [1.82, 2.24) is 16.5 Å². The topological polar surface area (TPSA) is 159 Å². The molecule has 11 heteroatoms. The average molecular weight is 473 g/mol.